The van der Waals surface area contributed by atoms with Crippen molar-refractivity contribution in [1.82, 2.24) is 5.01 Å². The molecule has 0 amide bonds. The van der Waals surface area contributed by atoms with Crippen LogP contribution in [0.15, 0.2) is 71.8 Å². The van der Waals surface area contributed by atoms with Crippen LogP contribution >= 0.6 is 0 Å². The minimum atomic E-state index is -0.368. The first-order chi connectivity index (χ1) is 14.8. The maximum absolute atomic E-state index is 6.43. The van der Waals surface area contributed by atoms with E-state index in [-0.39, 0.29) is 19.1 Å². The fourth-order valence-corrected chi connectivity index (χ4v) is 4.36. The Kier molecular flexibility index (Phi) is 3.84. The van der Waals surface area contributed by atoms with E-state index in [0.717, 1.165) is 51.8 Å². The van der Waals surface area contributed by atoms with Crippen LogP contribution in [-0.2, 0) is 0 Å². The number of fused-ring (bicyclic) bond motifs is 4. The highest BCUT2D eigenvalue weighted by Crippen LogP contribution is 2.49. The molecule has 150 valence electrons. The first-order valence-electron chi connectivity index (χ1n) is 9.96. The van der Waals surface area contributed by atoms with Gasteiger partial charge in [0, 0.05) is 17.5 Å². The van der Waals surface area contributed by atoms with Gasteiger partial charge in [-0.2, -0.15) is 5.10 Å². The minimum absolute atomic E-state index is 0.0882. The number of methoxy groups -OCH3 is 1. The Morgan fingerprint density at radius 1 is 0.900 bits per heavy atom. The Labute approximate surface area is 174 Å². The Morgan fingerprint density at radius 2 is 1.70 bits per heavy atom. The van der Waals surface area contributed by atoms with Gasteiger partial charge in [0.1, 0.15) is 11.5 Å². The maximum atomic E-state index is 6.43. The van der Waals surface area contributed by atoms with Crippen LogP contribution in [-0.4, -0.2) is 24.6 Å². The molecular weight excluding hydrogens is 380 g/mol. The monoisotopic (exact) mass is 400 g/mol. The SMILES string of the molecule is COc1ccccc1[C@@H]1Oc2ccccc2[C@@H]2CC(c3ccc4c(c3)OCO4)=NN21. The van der Waals surface area contributed by atoms with Gasteiger partial charge in [0.2, 0.25) is 13.0 Å². The number of hydrogen-bond donors (Lipinski definition) is 0. The molecule has 3 aromatic rings. The second-order valence-electron chi connectivity index (χ2n) is 7.46. The van der Waals surface area contributed by atoms with Gasteiger partial charge in [-0.1, -0.05) is 30.3 Å². The van der Waals surface area contributed by atoms with Crippen LogP contribution in [0.5, 0.6) is 23.0 Å². The highest BCUT2D eigenvalue weighted by Gasteiger charge is 2.41. The first-order valence-corrected chi connectivity index (χ1v) is 9.96. The van der Waals surface area contributed by atoms with Crippen molar-refractivity contribution >= 4 is 5.71 Å². The van der Waals surface area contributed by atoms with Crippen LogP contribution in [0.25, 0.3) is 0 Å². The molecule has 3 heterocycles. The average Bonchev–Trinajstić information content (AvgIpc) is 3.45. The van der Waals surface area contributed by atoms with Gasteiger partial charge in [0.15, 0.2) is 11.5 Å². The second-order valence-corrected chi connectivity index (χ2v) is 7.46. The van der Waals surface area contributed by atoms with E-state index in [0.29, 0.717) is 0 Å². The molecule has 6 nitrogen and oxygen atoms in total. The molecule has 0 N–H and O–H groups in total. The van der Waals surface area contributed by atoms with Gasteiger partial charge in [-0.3, -0.25) is 0 Å². The number of para-hydroxylation sites is 2. The molecule has 0 fully saturated rings. The summed E-state index contributed by atoms with van der Waals surface area (Å²) >= 11 is 0. The zero-order valence-corrected chi connectivity index (χ0v) is 16.4. The number of nitrogens with zero attached hydrogens (tertiary/aromatic N) is 2. The normalized spacial score (nSPS) is 20.8. The largest absolute Gasteiger partial charge is 0.496 e. The topological polar surface area (TPSA) is 52.5 Å². The van der Waals surface area contributed by atoms with Crippen molar-refractivity contribution in [2.45, 2.75) is 18.7 Å². The van der Waals surface area contributed by atoms with E-state index in [4.69, 9.17) is 24.0 Å². The lowest BCUT2D eigenvalue weighted by Crippen LogP contribution is -2.33. The zero-order valence-electron chi connectivity index (χ0n) is 16.4. The first kappa shape index (κ1) is 17.2. The molecule has 0 saturated heterocycles. The van der Waals surface area contributed by atoms with Crippen LogP contribution in [0.1, 0.15) is 35.4 Å². The molecule has 0 saturated carbocycles. The summed E-state index contributed by atoms with van der Waals surface area (Å²) in [4.78, 5) is 0. The molecule has 0 unspecified atom stereocenters. The zero-order chi connectivity index (χ0) is 20.1. The molecule has 2 atom stereocenters. The number of benzene rings is 3. The molecule has 0 bridgehead atoms. The summed E-state index contributed by atoms with van der Waals surface area (Å²) in [5.74, 6) is 3.21. The van der Waals surface area contributed by atoms with Gasteiger partial charge in [0.05, 0.1) is 24.4 Å². The van der Waals surface area contributed by atoms with Gasteiger partial charge < -0.3 is 18.9 Å². The van der Waals surface area contributed by atoms with E-state index in [1.54, 1.807) is 7.11 Å². The summed E-state index contributed by atoms with van der Waals surface area (Å²) in [5, 5.41) is 7.07. The summed E-state index contributed by atoms with van der Waals surface area (Å²) in [6.07, 6.45) is 0.415. The summed E-state index contributed by atoms with van der Waals surface area (Å²) in [6, 6.07) is 22.2. The van der Waals surface area contributed by atoms with E-state index in [1.165, 1.54) is 0 Å². The molecule has 0 aliphatic carbocycles. The predicted octanol–water partition coefficient (Wildman–Crippen LogP) is 4.67. The van der Waals surface area contributed by atoms with Crippen LogP contribution < -0.4 is 18.9 Å². The average molecular weight is 400 g/mol. The molecule has 0 spiro atoms. The number of rotatable bonds is 3. The fraction of sp³-hybridized carbons (Fsp3) is 0.208. The summed E-state index contributed by atoms with van der Waals surface area (Å²) < 4.78 is 23.1. The molecule has 0 aromatic heterocycles. The van der Waals surface area contributed by atoms with Crippen LogP contribution in [0, 0.1) is 0 Å². The molecule has 30 heavy (non-hydrogen) atoms. The van der Waals surface area contributed by atoms with Crippen molar-refractivity contribution in [3.05, 3.63) is 83.4 Å². The van der Waals surface area contributed by atoms with Gasteiger partial charge in [-0.15, -0.1) is 0 Å². The molecule has 3 aliphatic heterocycles. The van der Waals surface area contributed by atoms with Crippen LogP contribution in [0.2, 0.25) is 0 Å². The van der Waals surface area contributed by atoms with Crippen molar-refractivity contribution in [2.24, 2.45) is 5.10 Å². The smallest absolute Gasteiger partial charge is 0.231 e. The molecule has 3 aliphatic rings. The summed E-state index contributed by atoms with van der Waals surface area (Å²) in [5.41, 5.74) is 4.13. The lowest BCUT2D eigenvalue weighted by Gasteiger charge is -2.38. The van der Waals surface area contributed by atoms with Crippen LogP contribution in [0.3, 0.4) is 0 Å². The number of hydrogen-bond acceptors (Lipinski definition) is 6. The van der Waals surface area contributed by atoms with E-state index in [2.05, 4.69) is 11.1 Å². The van der Waals surface area contributed by atoms with Gasteiger partial charge >= 0.3 is 0 Å². The quantitative estimate of drug-likeness (QED) is 0.640. The third-order valence-corrected chi connectivity index (χ3v) is 5.81. The Bertz CT molecular complexity index is 1160. The van der Waals surface area contributed by atoms with E-state index in [1.807, 2.05) is 60.7 Å². The second kappa shape index (κ2) is 6.69. The fourth-order valence-electron chi connectivity index (χ4n) is 4.36. The minimum Gasteiger partial charge on any atom is -0.496 e. The molecular formula is C24H20N2O4. The number of hydrazone groups is 1. The summed E-state index contributed by atoms with van der Waals surface area (Å²) in [6.45, 7) is 0.261. The predicted molar refractivity (Wildman–Crippen MR) is 111 cm³/mol. The maximum Gasteiger partial charge on any atom is 0.231 e. The van der Waals surface area contributed by atoms with Crippen LogP contribution in [0.4, 0.5) is 0 Å². The van der Waals surface area contributed by atoms with Gasteiger partial charge in [0.25, 0.3) is 0 Å². The summed E-state index contributed by atoms with van der Waals surface area (Å²) in [7, 11) is 1.68. The molecule has 0 radical (unpaired) electrons. The third-order valence-electron chi connectivity index (χ3n) is 5.81. The molecule has 3 aromatic carbocycles. The molecule has 6 rings (SSSR count). The van der Waals surface area contributed by atoms with Crippen molar-refractivity contribution in [3.8, 4) is 23.0 Å². The molecule has 6 heteroatoms. The van der Waals surface area contributed by atoms with E-state index >= 15 is 0 Å². The third kappa shape index (κ3) is 2.60. The standard InChI is InChI=1S/C24H20N2O4/c1-27-20-8-4-3-7-17(20)24-26-19(16-6-2-5-9-21(16)30-24)13-18(25-26)15-10-11-22-23(12-15)29-14-28-22/h2-12,19,24H,13-14H2,1H3/t19-,24-/m0/s1. The van der Waals surface area contributed by atoms with Crippen molar-refractivity contribution in [2.75, 3.05) is 13.9 Å². The Balaban J connectivity index is 1.45. The number of ether oxygens (including phenoxy) is 4. The van der Waals surface area contributed by atoms with Crippen molar-refractivity contribution in [1.29, 1.82) is 0 Å². The highest BCUT2D eigenvalue weighted by molar-refractivity contribution is 6.02. The van der Waals surface area contributed by atoms with Crippen molar-refractivity contribution < 1.29 is 18.9 Å². The lowest BCUT2D eigenvalue weighted by atomic mass is 9.95. The van der Waals surface area contributed by atoms with E-state index < -0.39 is 0 Å². The Morgan fingerprint density at radius 3 is 2.60 bits per heavy atom. The Hall–Kier alpha value is -3.67. The van der Waals surface area contributed by atoms with Gasteiger partial charge in [-0.25, -0.2) is 5.01 Å². The van der Waals surface area contributed by atoms with E-state index in [9.17, 15) is 0 Å². The lowest BCUT2D eigenvalue weighted by molar-refractivity contribution is -0.0203. The highest BCUT2D eigenvalue weighted by atomic mass is 16.7. The van der Waals surface area contributed by atoms with Gasteiger partial charge in [-0.05, 0) is 36.4 Å². The van der Waals surface area contributed by atoms with Crippen molar-refractivity contribution in [3.63, 3.8) is 0 Å².